The summed E-state index contributed by atoms with van der Waals surface area (Å²) in [6.45, 7) is 6.69. The SMILES string of the molecule is CCCCCCC/C=C\C/C=C\CCCCCCCCCCCCCCCCCC(=O)OCC(COC(=O)CCCCCCCCCCCC)OC(=O)CCCCCCCCCCCCCCCCCCCCCCC. The van der Waals surface area contributed by atoms with Gasteiger partial charge in [0, 0.05) is 19.3 Å². The fourth-order valence-electron chi connectivity index (χ4n) is 10.5. The van der Waals surface area contributed by atoms with Crippen LogP contribution in [0, 0.1) is 0 Å². The molecule has 0 N–H and O–H groups in total. The number of unbranched alkanes of at least 4 members (excludes halogenated alkanes) is 49. The highest BCUT2D eigenvalue weighted by Gasteiger charge is 2.19. The summed E-state index contributed by atoms with van der Waals surface area (Å²) in [7, 11) is 0. The molecule has 0 aromatic rings. The van der Waals surface area contributed by atoms with Gasteiger partial charge in [-0.3, -0.25) is 14.4 Å². The molecular formula is C70H132O6. The maximum Gasteiger partial charge on any atom is 0.306 e. The number of ether oxygens (including phenoxy) is 3. The summed E-state index contributed by atoms with van der Waals surface area (Å²) in [4.78, 5) is 38.3. The molecule has 0 spiro atoms. The number of esters is 3. The van der Waals surface area contributed by atoms with E-state index >= 15 is 0 Å². The van der Waals surface area contributed by atoms with Crippen molar-refractivity contribution in [1.29, 1.82) is 0 Å². The third-order valence-corrected chi connectivity index (χ3v) is 15.7. The molecule has 0 radical (unpaired) electrons. The third kappa shape index (κ3) is 62.7. The Morgan fingerprint density at radius 1 is 0.263 bits per heavy atom. The number of hydrogen-bond donors (Lipinski definition) is 0. The molecule has 0 aliphatic heterocycles. The largest absolute Gasteiger partial charge is 0.462 e. The molecule has 6 nitrogen and oxygen atoms in total. The van der Waals surface area contributed by atoms with Gasteiger partial charge < -0.3 is 14.2 Å². The van der Waals surface area contributed by atoms with Gasteiger partial charge >= 0.3 is 17.9 Å². The van der Waals surface area contributed by atoms with Gasteiger partial charge in [-0.25, -0.2) is 0 Å². The first kappa shape index (κ1) is 73.9. The predicted molar refractivity (Wildman–Crippen MR) is 330 cm³/mol. The Bertz CT molecular complexity index is 1230. The molecular weight excluding hydrogens is 937 g/mol. The van der Waals surface area contributed by atoms with Gasteiger partial charge in [-0.15, -0.1) is 0 Å². The van der Waals surface area contributed by atoms with E-state index in [4.69, 9.17) is 14.2 Å². The maximum absolute atomic E-state index is 12.9. The van der Waals surface area contributed by atoms with E-state index in [-0.39, 0.29) is 31.1 Å². The standard InChI is InChI=1S/C70H132O6/c1-4-7-10-13-16-19-22-24-26-28-30-32-33-34-35-36-37-39-40-42-44-46-48-51-54-57-60-63-69(72)75-66-67(65-74-68(71)62-59-56-53-50-21-18-15-12-9-6-3)76-70(73)64-61-58-55-52-49-47-45-43-41-38-31-29-27-25-23-20-17-14-11-8-5-2/h22,24,28,30,67H,4-21,23,25-27,29,31-66H2,1-3H3/b24-22-,30-28-. The molecule has 0 aromatic heterocycles. The van der Waals surface area contributed by atoms with Crippen LogP contribution in [-0.4, -0.2) is 37.2 Å². The molecule has 0 heterocycles. The minimum atomic E-state index is -0.766. The molecule has 1 unspecified atom stereocenters. The molecule has 6 heteroatoms. The summed E-state index contributed by atoms with van der Waals surface area (Å²) in [5.41, 5.74) is 0. The predicted octanol–water partition coefficient (Wildman–Crippen LogP) is 23.4. The van der Waals surface area contributed by atoms with E-state index in [0.29, 0.717) is 19.3 Å². The van der Waals surface area contributed by atoms with Crippen LogP contribution in [0.5, 0.6) is 0 Å². The molecule has 448 valence electrons. The van der Waals surface area contributed by atoms with Gasteiger partial charge in [0.2, 0.25) is 0 Å². The lowest BCUT2D eigenvalue weighted by Crippen LogP contribution is -2.30. The van der Waals surface area contributed by atoms with Gasteiger partial charge in [-0.2, -0.15) is 0 Å². The first-order valence-electron chi connectivity index (χ1n) is 34.3. The summed E-state index contributed by atoms with van der Waals surface area (Å²) in [5.74, 6) is -0.835. The molecule has 1 atom stereocenters. The molecule has 0 rings (SSSR count). The lowest BCUT2D eigenvalue weighted by atomic mass is 10.0. The highest BCUT2D eigenvalue weighted by atomic mass is 16.6. The molecule has 0 saturated carbocycles. The number of carbonyl (C=O) groups excluding carboxylic acids is 3. The average Bonchev–Trinajstić information content (AvgIpc) is 3.42. The maximum atomic E-state index is 12.9. The molecule has 0 bridgehead atoms. The number of allylic oxidation sites excluding steroid dienone is 4. The van der Waals surface area contributed by atoms with Gasteiger partial charge in [-0.05, 0) is 51.4 Å². The number of hydrogen-bond acceptors (Lipinski definition) is 6. The zero-order chi connectivity index (χ0) is 55.0. The van der Waals surface area contributed by atoms with Crippen LogP contribution >= 0.6 is 0 Å². The summed E-state index contributed by atoms with van der Waals surface area (Å²) in [6, 6.07) is 0. The van der Waals surface area contributed by atoms with Crippen molar-refractivity contribution in [1.82, 2.24) is 0 Å². The van der Waals surface area contributed by atoms with Gasteiger partial charge in [0.05, 0.1) is 0 Å². The van der Waals surface area contributed by atoms with Gasteiger partial charge in [0.15, 0.2) is 6.10 Å². The Hall–Kier alpha value is -2.11. The molecule has 76 heavy (non-hydrogen) atoms. The van der Waals surface area contributed by atoms with E-state index in [0.717, 1.165) is 64.2 Å². The van der Waals surface area contributed by atoms with Crippen LogP contribution in [0.15, 0.2) is 24.3 Å². The Kier molecular flexibility index (Phi) is 63.6. The third-order valence-electron chi connectivity index (χ3n) is 15.7. The number of rotatable bonds is 64. The van der Waals surface area contributed by atoms with E-state index in [2.05, 4.69) is 45.1 Å². The Balaban J connectivity index is 4.14. The lowest BCUT2D eigenvalue weighted by molar-refractivity contribution is -0.167. The zero-order valence-electron chi connectivity index (χ0n) is 51.6. The van der Waals surface area contributed by atoms with Gasteiger partial charge in [-0.1, -0.05) is 340 Å². The van der Waals surface area contributed by atoms with Crippen molar-refractivity contribution < 1.29 is 28.6 Å². The van der Waals surface area contributed by atoms with Crippen molar-refractivity contribution in [3.05, 3.63) is 24.3 Å². The Labute approximate surface area is 474 Å². The van der Waals surface area contributed by atoms with Gasteiger partial charge in [0.25, 0.3) is 0 Å². The van der Waals surface area contributed by atoms with E-state index in [9.17, 15) is 14.4 Å². The minimum absolute atomic E-state index is 0.0643. The second-order valence-electron chi connectivity index (χ2n) is 23.5. The summed E-state index contributed by atoms with van der Waals surface area (Å²) < 4.78 is 16.9. The first-order valence-corrected chi connectivity index (χ1v) is 34.3. The van der Waals surface area contributed by atoms with Crippen molar-refractivity contribution in [3.8, 4) is 0 Å². The van der Waals surface area contributed by atoms with E-state index < -0.39 is 6.10 Å². The average molecular weight is 1070 g/mol. The summed E-state index contributed by atoms with van der Waals surface area (Å²) >= 11 is 0. The fraction of sp³-hybridized carbons (Fsp3) is 0.900. The van der Waals surface area contributed by atoms with Crippen molar-refractivity contribution >= 4 is 17.9 Å². The van der Waals surface area contributed by atoms with Crippen LogP contribution in [0.4, 0.5) is 0 Å². The fourth-order valence-corrected chi connectivity index (χ4v) is 10.5. The highest BCUT2D eigenvalue weighted by Crippen LogP contribution is 2.18. The van der Waals surface area contributed by atoms with Crippen LogP contribution in [-0.2, 0) is 28.6 Å². The van der Waals surface area contributed by atoms with E-state index in [1.54, 1.807) is 0 Å². The quantitative estimate of drug-likeness (QED) is 0.0261. The lowest BCUT2D eigenvalue weighted by Gasteiger charge is -2.18. The summed E-state index contributed by atoms with van der Waals surface area (Å²) in [6.07, 6.45) is 79.2. The molecule has 0 fully saturated rings. The van der Waals surface area contributed by atoms with Crippen LogP contribution in [0.25, 0.3) is 0 Å². The summed E-state index contributed by atoms with van der Waals surface area (Å²) in [5, 5.41) is 0. The molecule has 0 saturated heterocycles. The van der Waals surface area contributed by atoms with E-state index in [1.165, 1.54) is 283 Å². The van der Waals surface area contributed by atoms with Crippen molar-refractivity contribution in [3.63, 3.8) is 0 Å². The first-order chi connectivity index (χ1) is 37.5. The second-order valence-corrected chi connectivity index (χ2v) is 23.5. The van der Waals surface area contributed by atoms with Crippen LogP contribution < -0.4 is 0 Å². The van der Waals surface area contributed by atoms with Crippen LogP contribution in [0.3, 0.4) is 0 Å². The topological polar surface area (TPSA) is 78.9 Å². The van der Waals surface area contributed by atoms with Crippen molar-refractivity contribution in [2.24, 2.45) is 0 Å². The molecule has 0 aliphatic carbocycles. The van der Waals surface area contributed by atoms with E-state index in [1.807, 2.05) is 0 Å². The van der Waals surface area contributed by atoms with Crippen molar-refractivity contribution in [2.45, 2.75) is 393 Å². The van der Waals surface area contributed by atoms with Crippen LogP contribution in [0.1, 0.15) is 387 Å². The number of carbonyl (C=O) groups is 3. The second kappa shape index (κ2) is 65.4. The van der Waals surface area contributed by atoms with Crippen LogP contribution in [0.2, 0.25) is 0 Å². The Morgan fingerprint density at radius 3 is 0.724 bits per heavy atom. The minimum Gasteiger partial charge on any atom is -0.462 e. The highest BCUT2D eigenvalue weighted by molar-refractivity contribution is 5.71. The zero-order valence-corrected chi connectivity index (χ0v) is 51.6. The smallest absolute Gasteiger partial charge is 0.306 e. The molecule has 0 aromatic carbocycles. The van der Waals surface area contributed by atoms with Crippen molar-refractivity contribution in [2.75, 3.05) is 13.2 Å². The molecule has 0 aliphatic rings. The van der Waals surface area contributed by atoms with Gasteiger partial charge in [0.1, 0.15) is 13.2 Å². The monoisotopic (exact) mass is 1070 g/mol. The normalized spacial score (nSPS) is 12.1. The Morgan fingerprint density at radius 2 is 0.474 bits per heavy atom. The molecule has 0 amide bonds.